The smallest absolute Gasteiger partial charge is 0.161 e. The van der Waals surface area contributed by atoms with Gasteiger partial charge in [0.25, 0.3) is 0 Å². The molecular formula is C22H24ClN7. The third-order valence-electron chi connectivity index (χ3n) is 4.78. The molecule has 0 unspecified atom stereocenters. The molecule has 4 rings (SSSR count). The third-order valence-corrected chi connectivity index (χ3v) is 5.09. The summed E-state index contributed by atoms with van der Waals surface area (Å²) in [7, 11) is 4.07. The number of aromatic amines is 1. The van der Waals surface area contributed by atoms with Crippen molar-refractivity contribution in [2.24, 2.45) is 0 Å². The number of aromatic nitrogens is 4. The van der Waals surface area contributed by atoms with E-state index in [4.69, 9.17) is 11.6 Å². The Hall–Kier alpha value is -3.16. The molecular weight excluding hydrogens is 398 g/mol. The van der Waals surface area contributed by atoms with Crippen molar-refractivity contribution in [3.63, 3.8) is 0 Å². The molecule has 154 valence electrons. The van der Waals surface area contributed by atoms with Crippen molar-refractivity contribution in [2.75, 3.05) is 37.8 Å². The van der Waals surface area contributed by atoms with Crippen LogP contribution in [0.15, 0.2) is 48.5 Å². The SMILES string of the molecule is Cc1ccc(-c2cc(Nc3n[nH]c4ccccc34)nnc2NCCN(C)C)c(Cl)c1. The van der Waals surface area contributed by atoms with Crippen LogP contribution in [0.2, 0.25) is 5.02 Å². The number of nitrogens with one attached hydrogen (secondary N) is 3. The van der Waals surface area contributed by atoms with Crippen LogP contribution in [0, 0.1) is 6.92 Å². The van der Waals surface area contributed by atoms with Crippen molar-refractivity contribution in [2.45, 2.75) is 6.92 Å². The molecule has 0 bridgehead atoms. The quantitative estimate of drug-likeness (QED) is 0.401. The molecule has 0 aliphatic heterocycles. The molecule has 2 aromatic heterocycles. The van der Waals surface area contributed by atoms with Crippen molar-refractivity contribution in [1.29, 1.82) is 0 Å². The fraction of sp³-hybridized carbons (Fsp3) is 0.227. The second-order valence-corrected chi connectivity index (χ2v) is 7.86. The van der Waals surface area contributed by atoms with Gasteiger partial charge in [0.05, 0.1) is 5.52 Å². The first-order chi connectivity index (χ1) is 14.5. The second-order valence-electron chi connectivity index (χ2n) is 7.45. The van der Waals surface area contributed by atoms with Crippen LogP contribution in [-0.4, -0.2) is 52.5 Å². The first-order valence-electron chi connectivity index (χ1n) is 9.74. The summed E-state index contributed by atoms with van der Waals surface area (Å²) in [5.41, 5.74) is 3.85. The fourth-order valence-electron chi connectivity index (χ4n) is 3.21. The molecule has 30 heavy (non-hydrogen) atoms. The Bertz CT molecular complexity index is 1170. The number of anilines is 3. The fourth-order valence-corrected chi connectivity index (χ4v) is 3.54. The zero-order valence-corrected chi connectivity index (χ0v) is 18.0. The van der Waals surface area contributed by atoms with E-state index >= 15 is 0 Å². The van der Waals surface area contributed by atoms with E-state index < -0.39 is 0 Å². The Morgan fingerprint density at radius 3 is 2.63 bits per heavy atom. The predicted octanol–water partition coefficient (Wildman–Crippen LogP) is 4.70. The van der Waals surface area contributed by atoms with Crippen LogP contribution in [0.5, 0.6) is 0 Å². The summed E-state index contributed by atoms with van der Waals surface area (Å²) >= 11 is 6.57. The molecule has 0 radical (unpaired) electrons. The largest absolute Gasteiger partial charge is 0.367 e. The number of para-hydroxylation sites is 1. The summed E-state index contributed by atoms with van der Waals surface area (Å²) in [6.07, 6.45) is 0. The molecule has 2 aromatic carbocycles. The van der Waals surface area contributed by atoms with Crippen molar-refractivity contribution < 1.29 is 0 Å². The average Bonchev–Trinajstić information content (AvgIpc) is 3.12. The summed E-state index contributed by atoms with van der Waals surface area (Å²) in [4.78, 5) is 2.11. The zero-order chi connectivity index (χ0) is 21.1. The first kappa shape index (κ1) is 20.1. The van der Waals surface area contributed by atoms with Crippen LogP contribution < -0.4 is 10.6 Å². The van der Waals surface area contributed by atoms with Gasteiger partial charge in [0, 0.05) is 34.6 Å². The van der Waals surface area contributed by atoms with E-state index in [1.54, 1.807) is 0 Å². The number of benzene rings is 2. The topological polar surface area (TPSA) is 81.8 Å². The highest BCUT2D eigenvalue weighted by molar-refractivity contribution is 6.33. The van der Waals surface area contributed by atoms with Gasteiger partial charge >= 0.3 is 0 Å². The molecule has 8 heteroatoms. The van der Waals surface area contributed by atoms with Gasteiger partial charge in [0.15, 0.2) is 17.5 Å². The summed E-state index contributed by atoms with van der Waals surface area (Å²) in [5.74, 6) is 1.99. The third kappa shape index (κ3) is 4.37. The lowest BCUT2D eigenvalue weighted by Gasteiger charge is -2.15. The lowest BCUT2D eigenvalue weighted by Crippen LogP contribution is -2.21. The average molecular weight is 422 g/mol. The Morgan fingerprint density at radius 2 is 1.83 bits per heavy atom. The molecule has 0 saturated carbocycles. The molecule has 3 N–H and O–H groups in total. The number of rotatable bonds is 7. The molecule has 0 aliphatic rings. The maximum atomic E-state index is 6.57. The van der Waals surface area contributed by atoms with E-state index in [0.29, 0.717) is 22.5 Å². The van der Waals surface area contributed by atoms with Crippen molar-refractivity contribution in [1.82, 2.24) is 25.3 Å². The molecule has 0 atom stereocenters. The minimum Gasteiger partial charge on any atom is -0.367 e. The number of hydrogen-bond acceptors (Lipinski definition) is 6. The Kier molecular flexibility index (Phi) is 5.83. The van der Waals surface area contributed by atoms with Gasteiger partial charge < -0.3 is 15.5 Å². The summed E-state index contributed by atoms with van der Waals surface area (Å²) in [5, 5.41) is 24.5. The standard InChI is InChI=1S/C22H24ClN7/c1-14-8-9-15(18(23)12-14)17-13-20(27-28-21(17)24-10-11-30(2)3)25-22-16-6-4-5-7-19(16)26-29-22/h4-9,12-13H,10-11H2,1-3H3,(H,24,28)(H2,25,26,27,29). The number of nitrogens with zero attached hydrogens (tertiary/aromatic N) is 4. The van der Waals surface area contributed by atoms with E-state index in [1.165, 1.54) is 0 Å². The van der Waals surface area contributed by atoms with Crippen LogP contribution >= 0.6 is 11.6 Å². The van der Waals surface area contributed by atoms with Gasteiger partial charge in [0.2, 0.25) is 0 Å². The summed E-state index contributed by atoms with van der Waals surface area (Å²) in [6, 6.07) is 15.9. The zero-order valence-electron chi connectivity index (χ0n) is 17.2. The van der Waals surface area contributed by atoms with Crippen molar-refractivity contribution >= 4 is 40.0 Å². The van der Waals surface area contributed by atoms with E-state index in [2.05, 4.69) is 35.9 Å². The molecule has 4 aromatic rings. The number of halogens is 1. The Morgan fingerprint density at radius 1 is 1.00 bits per heavy atom. The Balaban J connectivity index is 1.70. The maximum absolute atomic E-state index is 6.57. The highest BCUT2D eigenvalue weighted by atomic mass is 35.5. The van der Waals surface area contributed by atoms with Gasteiger partial charge in [-0.1, -0.05) is 35.9 Å². The number of fused-ring (bicyclic) bond motifs is 1. The van der Waals surface area contributed by atoms with Gasteiger partial charge in [-0.3, -0.25) is 5.10 Å². The first-order valence-corrected chi connectivity index (χ1v) is 10.1. The van der Waals surface area contributed by atoms with E-state index in [9.17, 15) is 0 Å². The molecule has 0 saturated heterocycles. The highest BCUT2D eigenvalue weighted by Crippen LogP contribution is 2.34. The van der Waals surface area contributed by atoms with Crippen LogP contribution in [0.25, 0.3) is 22.0 Å². The number of likely N-dealkylation sites (N-methyl/N-ethyl adjacent to an activating group) is 1. The summed E-state index contributed by atoms with van der Waals surface area (Å²) in [6.45, 7) is 3.64. The van der Waals surface area contributed by atoms with Crippen LogP contribution in [0.1, 0.15) is 5.56 Å². The van der Waals surface area contributed by atoms with Crippen LogP contribution in [0.3, 0.4) is 0 Å². The van der Waals surface area contributed by atoms with Gasteiger partial charge in [-0.2, -0.15) is 5.10 Å². The molecule has 7 nitrogen and oxygen atoms in total. The molecule has 0 amide bonds. The minimum absolute atomic E-state index is 0.594. The van der Waals surface area contributed by atoms with E-state index in [-0.39, 0.29) is 0 Å². The molecule has 0 fully saturated rings. The predicted molar refractivity (Wildman–Crippen MR) is 124 cm³/mol. The monoisotopic (exact) mass is 421 g/mol. The lowest BCUT2D eigenvalue weighted by molar-refractivity contribution is 0.425. The maximum Gasteiger partial charge on any atom is 0.161 e. The van der Waals surface area contributed by atoms with Gasteiger partial charge in [-0.15, -0.1) is 10.2 Å². The van der Waals surface area contributed by atoms with Crippen molar-refractivity contribution in [3.05, 3.63) is 59.1 Å². The minimum atomic E-state index is 0.594. The van der Waals surface area contributed by atoms with Crippen LogP contribution in [-0.2, 0) is 0 Å². The summed E-state index contributed by atoms with van der Waals surface area (Å²) < 4.78 is 0. The lowest BCUT2D eigenvalue weighted by atomic mass is 10.0. The van der Waals surface area contributed by atoms with Gasteiger partial charge in [-0.05, 0) is 50.8 Å². The number of H-pyrrole nitrogens is 1. The van der Waals surface area contributed by atoms with E-state index in [1.807, 2.05) is 69.6 Å². The van der Waals surface area contributed by atoms with E-state index in [0.717, 1.165) is 40.7 Å². The number of hydrogen-bond donors (Lipinski definition) is 3. The molecule has 0 spiro atoms. The van der Waals surface area contributed by atoms with Crippen LogP contribution in [0.4, 0.5) is 17.5 Å². The van der Waals surface area contributed by atoms with Gasteiger partial charge in [0.1, 0.15) is 0 Å². The molecule has 0 aliphatic carbocycles. The highest BCUT2D eigenvalue weighted by Gasteiger charge is 2.14. The Labute approximate surface area is 180 Å². The normalized spacial score (nSPS) is 11.2. The second kappa shape index (κ2) is 8.69. The van der Waals surface area contributed by atoms with Crippen molar-refractivity contribution in [3.8, 4) is 11.1 Å². The van der Waals surface area contributed by atoms with Gasteiger partial charge in [-0.25, -0.2) is 0 Å². The number of aryl methyl sites for hydroxylation is 1. The molecule has 2 heterocycles.